The number of carbonyl (C=O) groups excluding carboxylic acids is 1. The van der Waals surface area contributed by atoms with E-state index in [9.17, 15) is 4.79 Å². The molecule has 0 spiro atoms. The third kappa shape index (κ3) is 6.52. The molecule has 1 rings (SSSR count). The van der Waals surface area contributed by atoms with Crippen molar-refractivity contribution in [2.24, 2.45) is 5.92 Å². The molecule has 0 aliphatic carbocycles. The summed E-state index contributed by atoms with van der Waals surface area (Å²) < 4.78 is 5.20. The van der Waals surface area contributed by atoms with Gasteiger partial charge >= 0.3 is 0 Å². The second-order valence-electron chi connectivity index (χ2n) is 5.26. The molecule has 0 bridgehead atoms. The molecule has 0 atom stereocenters. The van der Waals surface area contributed by atoms with Crippen LogP contribution in [0.4, 0.5) is 0 Å². The average molecular weight is 279 g/mol. The minimum absolute atomic E-state index is 0.0842. The zero-order valence-electron chi connectivity index (χ0n) is 12.8. The second kappa shape index (κ2) is 8.53. The molecule has 0 saturated carbocycles. The topological polar surface area (TPSA) is 63.2 Å². The van der Waals surface area contributed by atoms with E-state index >= 15 is 0 Å². The monoisotopic (exact) mass is 279 g/mol. The second-order valence-corrected chi connectivity index (χ2v) is 5.26. The minimum atomic E-state index is 0.0842. The zero-order chi connectivity index (χ0) is 15.0. The highest BCUT2D eigenvalue weighted by Gasteiger charge is 2.03. The lowest BCUT2D eigenvalue weighted by Gasteiger charge is -2.09. The predicted octanol–water partition coefficient (Wildman–Crippen LogP) is 1.65. The fourth-order valence-electron chi connectivity index (χ4n) is 1.74. The van der Waals surface area contributed by atoms with Crippen LogP contribution in [0.15, 0.2) is 12.1 Å². The lowest BCUT2D eigenvalue weighted by atomic mass is 10.2. The Hall–Kier alpha value is -1.62. The van der Waals surface area contributed by atoms with Crippen LogP contribution in [0.2, 0.25) is 0 Å². The molecule has 0 saturated heterocycles. The van der Waals surface area contributed by atoms with Gasteiger partial charge < -0.3 is 15.4 Å². The third-order valence-corrected chi connectivity index (χ3v) is 2.76. The van der Waals surface area contributed by atoms with Gasteiger partial charge in [0.15, 0.2) is 0 Å². The van der Waals surface area contributed by atoms with Gasteiger partial charge in [-0.3, -0.25) is 9.78 Å². The van der Waals surface area contributed by atoms with Gasteiger partial charge in [-0.2, -0.15) is 0 Å². The Morgan fingerprint density at radius 3 is 2.80 bits per heavy atom. The number of amides is 1. The zero-order valence-corrected chi connectivity index (χ0v) is 12.8. The molecule has 5 nitrogen and oxygen atoms in total. The summed E-state index contributed by atoms with van der Waals surface area (Å²) in [5, 5.41) is 6.11. The Kier molecular flexibility index (Phi) is 7.01. The van der Waals surface area contributed by atoms with Crippen LogP contribution in [0.1, 0.15) is 31.7 Å². The molecule has 0 aliphatic rings. The van der Waals surface area contributed by atoms with Gasteiger partial charge in [-0.25, -0.2) is 0 Å². The Labute approximate surface area is 121 Å². The number of aryl methyl sites for hydroxylation is 1. The molecule has 5 heteroatoms. The number of carbonyl (C=O) groups is 1. The SMILES string of the molecule is COc1cc(C)nc(CNCCC(=O)NCC(C)C)c1. The summed E-state index contributed by atoms with van der Waals surface area (Å²) in [6.07, 6.45) is 0.482. The molecule has 1 heterocycles. The Bertz CT molecular complexity index is 433. The number of rotatable bonds is 8. The van der Waals surface area contributed by atoms with Gasteiger partial charge in [0.1, 0.15) is 5.75 Å². The summed E-state index contributed by atoms with van der Waals surface area (Å²) in [5.41, 5.74) is 1.85. The lowest BCUT2D eigenvalue weighted by Crippen LogP contribution is -2.30. The van der Waals surface area contributed by atoms with Gasteiger partial charge in [0.05, 0.1) is 12.8 Å². The summed E-state index contributed by atoms with van der Waals surface area (Å²) in [5.74, 6) is 1.38. The summed E-state index contributed by atoms with van der Waals surface area (Å²) >= 11 is 0. The molecule has 0 aliphatic heterocycles. The van der Waals surface area contributed by atoms with Crippen molar-refractivity contribution in [2.75, 3.05) is 20.2 Å². The maximum atomic E-state index is 11.5. The smallest absolute Gasteiger partial charge is 0.221 e. The van der Waals surface area contributed by atoms with Crippen molar-refractivity contribution in [2.45, 2.75) is 33.7 Å². The third-order valence-electron chi connectivity index (χ3n) is 2.76. The molecule has 0 unspecified atom stereocenters. The van der Waals surface area contributed by atoms with Crippen LogP contribution in [0, 0.1) is 12.8 Å². The van der Waals surface area contributed by atoms with Crippen LogP contribution in [-0.2, 0) is 11.3 Å². The van der Waals surface area contributed by atoms with Crippen LogP contribution in [0.5, 0.6) is 5.75 Å². The van der Waals surface area contributed by atoms with E-state index < -0.39 is 0 Å². The summed E-state index contributed by atoms with van der Waals surface area (Å²) in [6.45, 7) is 8.10. The number of hydrogen-bond acceptors (Lipinski definition) is 4. The van der Waals surface area contributed by atoms with E-state index in [0.717, 1.165) is 23.7 Å². The first-order valence-corrected chi connectivity index (χ1v) is 7.00. The number of aromatic nitrogens is 1. The molecule has 0 aromatic carbocycles. The van der Waals surface area contributed by atoms with Crippen molar-refractivity contribution in [3.63, 3.8) is 0 Å². The van der Waals surface area contributed by atoms with Crippen LogP contribution in [0.3, 0.4) is 0 Å². The standard InChI is InChI=1S/C15H25N3O2/c1-11(2)9-17-15(19)5-6-16-10-13-8-14(20-4)7-12(3)18-13/h7-8,11,16H,5-6,9-10H2,1-4H3,(H,17,19). The molecule has 20 heavy (non-hydrogen) atoms. The molecule has 1 aromatic rings. The van der Waals surface area contributed by atoms with Crippen LogP contribution >= 0.6 is 0 Å². The van der Waals surface area contributed by atoms with Crippen molar-refractivity contribution in [1.29, 1.82) is 0 Å². The Balaban J connectivity index is 2.27. The number of hydrogen-bond donors (Lipinski definition) is 2. The van der Waals surface area contributed by atoms with Crippen molar-refractivity contribution in [1.82, 2.24) is 15.6 Å². The van der Waals surface area contributed by atoms with Gasteiger partial charge in [-0.05, 0) is 12.8 Å². The van der Waals surface area contributed by atoms with E-state index in [1.807, 2.05) is 19.1 Å². The highest BCUT2D eigenvalue weighted by Crippen LogP contribution is 2.12. The number of ether oxygens (including phenoxy) is 1. The van der Waals surface area contributed by atoms with Gasteiger partial charge in [0, 0.05) is 43.9 Å². The first-order valence-electron chi connectivity index (χ1n) is 7.00. The highest BCUT2D eigenvalue weighted by molar-refractivity contribution is 5.76. The molecule has 112 valence electrons. The fourth-order valence-corrected chi connectivity index (χ4v) is 1.74. The van der Waals surface area contributed by atoms with Gasteiger partial charge in [0.2, 0.25) is 5.91 Å². The highest BCUT2D eigenvalue weighted by atomic mass is 16.5. The maximum Gasteiger partial charge on any atom is 0.221 e. The normalized spacial score (nSPS) is 10.7. The van der Waals surface area contributed by atoms with Crippen molar-refractivity contribution < 1.29 is 9.53 Å². The van der Waals surface area contributed by atoms with Crippen molar-refractivity contribution in [3.8, 4) is 5.75 Å². The van der Waals surface area contributed by atoms with Crippen LogP contribution in [0.25, 0.3) is 0 Å². The number of methoxy groups -OCH3 is 1. The van der Waals surface area contributed by atoms with Crippen molar-refractivity contribution in [3.05, 3.63) is 23.5 Å². The van der Waals surface area contributed by atoms with E-state index in [2.05, 4.69) is 29.5 Å². The van der Waals surface area contributed by atoms with Gasteiger partial charge in [0.25, 0.3) is 0 Å². The van der Waals surface area contributed by atoms with E-state index in [1.54, 1.807) is 7.11 Å². The molecule has 0 fully saturated rings. The minimum Gasteiger partial charge on any atom is -0.497 e. The van der Waals surface area contributed by atoms with E-state index in [-0.39, 0.29) is 5.91 Å². The van der Waals surface area contributed by atoms with E-state index in [4.69, 9.17) is 4.74 Å². The molecule has 2 N–H and O–H groups in total. The van der Waals surface area contributed by atoms with Gasteiger partial charge in [-0.15, -0.1) is 0 Å². The number of pyridine rings is 1. The predicted molar refractivity (Wildman–Crippen MR) is 79.7 cm³/mol. The molecule has 1 aromatic heterocycles. The molecule has 1 amide bonds. The Morgan fingerprint density at radius 1 is 1.40 bits per heavy atom. The maximum absolute atomic E-state index is 11.5. The summed E-state index contributed by atoms with van der Waals surface area (Å²) in [6, 6.07) is 3.79. The summed E-state index contributed by atoms with van der Waals surface area (Å²) in [7, 11) is 1.64. The molecular formula is C15H25N3O2. The first kappa shape index (κ1) is 16.4. The first-order chi connectivity index (χ1) is 9.51. The largest absolute Gasteiger partial charge is 0.497 e. The molecular weight excluding hydrogens is 254 g/mol. The van der Waals surface area contributed by atoms with Crippen LogP contribution in [-0.4, -0.2) is 31.1 Å². The average Bonchev–Trinajstić information content (AvgIpc) is 2.40. The van der Waals surface area contributed by atoms with Crippen LogP contribution < -0.4 is 15.4 Å². The summed E-state index contributed by atoms with van der Waals surface area (Å²) in [4.78, 5) is 15.9. The number of nitrogens with one attached hydrogen (secondary N) is 2. The quantitative estimate of drug-likeness (QED) is 0.710. The van der Waals surface area contributed by atoms with Gasteiger partial charge in [-0.1, -0.05) is 13.8 Å². The van der Waals surface area contributed by atoms with E-state index in [1.165, 1.54) is 0 Å². The van der Waals surface area contributed by atoms with Crippen molar-refractivity contribution >= 4 is 5.91 Å². The Morgan fingerprint density at radius 2 is 2.15 bits per heavy atom. The van der Waals surface area contributed by atoms with E-state index in [0.29, 0.717) is 25.4 Å². The molecule has 0 radical (unpaired) electrons. The fraction of sp³-hybridized carbons (Fsp3) is 0.600. The lowest BCUT2D eigenvalue weighted by molar-refractivity contribution is -0.121. The number of nitrogens with zero attached hydrogens (tertiary/aromatic N) is 1.